The summed E-state index contributed by atoms with van der Waals surface area (Å²) < 4.78 is 11.2. The number of pyridine rings is 1. The summed E-state index contributed by atoms with van der Waals surface area (Å²) in [6.07, 6.45) is 5.05. The first-order valence-electron chi connectivity index (χ1n) is 10.7. The summed E-state index contributed by atoms with van der Waals surface area (Å²) in [5.74, 6) is -0.142. The van der Waals surface area contributed by atoms with Crippen molar-refractivity contribution < 1.29 is 24.2 Å². The number of carbonyl (C=O) groups is 2. The van der Waals surface area contributed by atoms with Gasteiger partial charge in [0.25, 0.3) is 0 Å². The average molecular weight is 421 g/mol. The monoisotopic (exact) mass is 420 g/mol. The zero-order chi connectivity index (χ0) is 21.2. The Hall–Kier alpha value is -2.07. The largest absolute Gasteiger partial charge is 0.394 e. The first-order valence-corrected chi connectivity index (χ1v) is 10.7. The summed E-state index contributed by atoms with van der Waals surface area (Å²) in [6.45, 7) is 3.46. The number of aliphatic hydroxyl groups is 1. The van der Waals surface area contributed by atoms with Gasteiger partial charge in [-0.3, -0.25) is 19.5 Å². The molecule has 0 bridgehead atoms. The quantitative estimate of drug-likeness (QED) is 0.493. The standard InChI is InChI=1S/C21H32N4O5/c26-15-19-18(24-21(28)14-25-9-11-29-12-10-25)2-1-17(30-19)13-20(27)23-8-5-16-3-6-22-7-4-16/h3-4,6-7,17-19,26H,1-2,5,8-15H2,(H,23,27)(H,24,28)/t17-,18+,19+/m1/s1. The molecule has 1 aromatic rings. The molecule has 2 aliphatic heterocycles. The van der Waals surface area contributed by atoms with Crippen molar-refractivity contribution in [3.05, 3.63) is 30.1 Å². The Labute approximate surface area is 177 Å². The first-order chi connectivity index (χ1) is 14.6. The Morgan fingerprint density at radius 2 is 1.93 bits per heavy atom. The second kappa shape index (κ2) is 11.9. The SMILES string of the molecule is O=C(C[C@H]1CC[C@H](NC(=O)CN2CCOCC2)[C@H](CO)O1)NCCc1ccncc1. The van der Waals surface area contributed by atoms with E-state index in [4.69, 9.17) is 9.47 Å². The average Bonchev–Trinajstić information content (AvgIpc) is 2.76. The maximum Gasteiger partial charge on any atom is 0.234 e. The number of rotatable bonds is 9. The van der Waals surface area contributed by atoms with Crippen molar-refractivity contribution >= 4 is 11.8 Å². The van der Waals surface area contributed by atoms with E-state index in [2.05, 4.69) is 20.5 Å². The van der Waals surface area contributed by atoms with Crippen molar-refractivity contribution in [2.24, 2.45) is 0 Å². The number of carbonyl (C=O) groups excluding carboxylic acids is 2. The summed E-state index contributed by atoms with van der Waals surface area (Å²) in [5.41, 5.74) is 1.12. The maximum absolute atomic E-state index is 12.3. The predicted molar refractivity (Wildman–Crippen MR) is 110 cm³/mol. The molecule has 0 aliphatic carbocycles. The Balaban J connectivity index is 1.36. The van der Waals surface area contributed by atoms with Gasteiger partial charge in [-0.1, -0.05) is 0 Å². The summed E-state index contributed by atoms with van der Waals surface area (Å²) >= 11 is 0. The number of morpholine rings is 1. The van der Waals surface area contributed by atoms with E-state index in [1.165, 1.54) is 0 Å². The molecular weight excluding hydrogens is 388 g/mol. The number of ether oxygens (including phenoxy) is 2. The van der Waals surface area contributed by atoms with Crippen molar-refractivity contribution in [2.75, 3.05) is 46.0 Å². The molecule has 0 unspecified atom stereocenters. The van der Waals surface area contributed by atoms with E-state index >= 15 is 0 Å². The van der Waals surface area contributed by atoms with Crippen LogP contribution < -0.4 is 10.6 Å². The lowest BCUT2D eigenvalue weighted by Gasteiger charge is -2.36. The van der Waals surface area contributed by atoms with Crippen molar-refractivity contribution in [3.63, 3.8) is 0 Å². The van der Waals surface area contributed by atoms with Gasteiger partial charge in [0.2, 0.25) is 11.8 Å². The summed E-state index contributed by atoms with van der Waals surface area (Å²) in [5, 5.41) is 15.6. The molecule has 0 aromatic carbocycles. The highest BCUT2D eigenvalue weighted by Crippen LogP contribution is 2.22. The lowest BCUT2D eigenvalue weighted by atomic mass is 9.97. The van der Waals surface area contributed by atoms with Crippen LogP contribution in [0.3, 0.4) is 0 Å². The molecule has 0 saturated carbocycles. The predicted octanol–water partition coefficient (Wildman–Crippen LogP) is -0.513. The summed E-state index contributed by atoms with van der Waals surface area (Å²) in [4.78, 5) is 30.6. The number of aliphatic hydroxyl groups excluding tert-OH is 1. The molecule has 2 saturated heterocycles. The van der Waals surface area contributed by atoms with Crippen LogP contribution in [0.2, 0.25) is 0 Å². The first kappa shape index (κ1) is 22.6. The zero-order valence-electron chi connectivity index (χ0n) is 17.3. The molecule has 166 valence electrons. The van der Waals surface area contributed by atoms with Gasteiger partial charge < -0.3 is 25.2 Å². The molecule has 2 amide bonds. The van der Waals surface area contributed by atoms with Crippen LogP contribution in [0.15, 0.2) is 24.5 Å². The van der Waals surface area contributed by atoms with E-state index in [0.717, 1.165) is 25.1 Å². The fraction of sp³-hybridized carbons (Fsp3) is 0.667. The van der Waals surface area contributed by atoms with Crippen molar-refractivity contribution in [1.29, 1.82) is 0 Å². The third-order valence-electron chi connectivity index (χ3n) is 5.51. The second-order valence-corrected chi connectivity index (χ2v) is 7.78. The Morgan fingerprint density at radius 3 is 2.67 bits per heavy atom. The molecule has 3 heterocycles. The molecule has 0 spiro atoms. The van der Waals surface area contributed by atoms with Crippen molar-refractivity contribution in [3.8, 4) is 0 Å². The summed E-state index contributed by atoms with van der Waals surface area (Å²) in [7, 11) is 0. The third kappa shape index (κ3) is 7.32. The van der Waals surface area contributed by atoms with Crippen LogP contribution in [0, 0.1) is 0 Å². The minimum absolute atomic E-state index is 0.0689. The van der Waals surface area contributed by atoms with Crippen LogP contribution in [0.1, 0.15) is 24.8 Å². The normalized spacial score (nSPS) is 24.9. The second-order valence-electron chi connectivity index (χ2n) is 7.78. The number of nitrogens with one attached hydrogen (secondary N) is 2. The maximum atomic E-state index is 12.3. The number of hydrogen-bond acceptors (Lipinski definition) is 7. The van der Waals surface area contributed by atoms with E-state index in [1.807, 2.05) is 12.1 Å². The number of nitrogens with zero attached hydrogens (tertiary/aromatic N) is 2. The van der Waals surface area contributed by atoms with Gasteiger partial charge in [0.1, 0.15) is 6.10 Å². The van der Waals surface area contributed by atoms with Gasteiger partial charge in [-0.2, -0.15) is 0 Å². The Kier molecular flexibility index (Phi) is 9.00. The van der Waals surface area contributed by atoms with E-state index in [9.17, 15) is 14.7 Å². The van der Waals surface area contributed by atoms with Gasteiger partial charge >= 0.3 is 0 Å². The molecule has 1 aromatic heterocycles. The number of aromatic nitrogens is 1. The Bertz CT molecular complexity index is 669. The lowest BCUT2D eigenvalue weighted by Crippen LogP contribution is -2.53. The van der Waals surface area contributed by atoms with Crippen LogP contribution in [0.4, 0.5) is 0 Å². The number of amides is 2. The van der Waals surface area contributed by atoms with Gasteiger partial charge in [-0.25, -0.2) is 0 Å². The fourth-order valence-electron chi connectivity index (χ4n) is 3.84. The molecule has 0 radical (unpaired) electrons. The molecule has 2 aliphatic rings. The van der Waals surface area contributed by atoms with Crippen molar-refractivity contribution in [1.82, 2.24) is 20.5 Å². The van der Waals surface area contributed by atoms with Crippen molar-refractivity contribution in [2.45, 2.75) is 43.9 Å². The van der Waals surface area contributed by atoms with Crippen LogP contribution >= 0.6 is 0 Å². The molecule has 3 rings (SSSR count). The van der Waals surface area contributed by atoms with Crippen LogP contribution in [-0.4, -0.2) is 91.1 Å². The Morgan fingerprint density at radius 1 is 1.17 bits per heavy atom. The smallest absolute Gasteiger partial charge is 0.234 e. The minimum Gasteiger partial charge on any atom is -0.394 e. The van der Waals surface area contributed by atoms with Gasteiger partial charge in [0.05, 0.1) is 44.9 Å². The molecular formula is C21H32N4O5. The molecule has 2 fully saturated rings. The van der Waals surface area contributed by atoms with Gasteiger partial charge in [-0.15, -0.1) is 0 Å². The molecule has 9 nitrogen and oxygen atoms in total. The van der Waals surface area contributed by atoms with Gasteiger partial charge in [0, 0.05) is 32.0 Å². The highest BCUT2D eigenvalue weighted by atomic mass is 16.5. The zero-order valence-corrected chi connectivity index (χ0v) is 17.3. The fourth-order valence-corrected chi connectivity index (χ4v) is 3.84. The van der Waals surface area contributed by atoms with E-state index < -0.39 is 6.10 Å². The highest BCUT2D eigenvalue weighted by Gasteiger charge is 2.33. The minimum atomic E-state index is -0.498. The molecule has 30 heavy (non-hydrogen) atoms. The lowest BCUT2D eigenvalue weighted by molar-refractivity contribution is -0.136. The topological polar surface area (TPSA) is 113 Å². The van der Waals surface area contributed by atoms with E-state index in [-0.39, 0.29) is 37.0 Å². The highest BCUT2D eigenvalue weighted by molar-refractivity contribution is 5.78. The van der Waals surface area contributed by atoms with E-state index in [1.54, 1.807) is 12.4 Å². The summed E-state index contributed by atoms with van der Waals surface area (Å²) in [6, 6.07) is 3.61. The van der Waals surface area contributed by atoms with Crippen LogP contribution in [0.5, 0.6) is 0 Å². The molecule has 3 N–H and O–H groups in total. The van der Waals surface area contributed by atoms with Gasteiger partial charge in [-0.05, 0) is 37.0 Å². The van der Waals surface area contributed by atoms with Crippen LogP contribution in [0.25, 0.3) is 0 Å². The molecule has 9 heteroatoms. The third-order valence-corrected chi connectivity index (χ3v) is 5.51. The van der Waals surface area contributed by atoms with Gasteiger partial charge in [0.15, 0.2) is 0 Å². The van der Waals surface area contributed by atoms with E-state index in [0.29, 0.717) is 39.1 Å². The molecule has 3 atom stereocenters. The number of hydrogen-bond donors (Lipinski definition) is 3. The van der Waals surface area contributed by atoms with Crippen LogP contribution in [-0.2, 0) is 25.5 Å².